The van der Waals surface area contributed by atoms with E-state index in [1.54, 1.807) is 31.3 Å². The molecule has 4 aromatic heterocycles. The number of benzene rings is 3. The second-order valence-electron chi connectivity index (χ2n) is 11.8. The van der Waals surface area contributed by atoms with Gasteiger partial charge in [0.05, 0.1) is 35.5 Å². The van der Waals surface area contributed by atoms with E-state index in [1.807, 2.05) is 66.7 Å². The summed E-state index contributed by atoms with van der Waals surface area (Å²) < 4.78 is 10.3. The van der Waals surface area contributed by atoms with Crippen molar-refractivity contribution < 1.29 is 19.4 Å². The third-order valence-corrected chi connectivity index (χ3v) is 10.6. The summed E-state index contributed by atoms with van der Waals surface area (Å²) in [5, 5.41) is 18.5. The van der Waals surface area contributed by atoms with Gasteiger partial charge in [-0.1, -0.05) is 72.8 Å². The van der Waals surface area contributed by atoms with Gasteiger partial charge in [-0.05, 0) is 41.0 Å². The molecule has 1 N–H and O–H groups in total. The predicted molar refractivity (Wildman–Crippen MR) is 201 cm³/mol. The highest BCUT2D eigenvalue weighted by atomic mass is 32.1. The topological polar surface area (TPSA) is 175 Å². The van der Waals surface area contributed by atoms with Crippen LogP contribution in [0.4, 0.5) is 0 Å². The molecule has 266 valence electrons. The van der Waals surface area contributed by atoms with Crippen LogP contribution in [-0.2, 0) is 38.5 Å². The Morgan fingerprint density at radius 1 is 0.679 bits per heavy atom. The van der Waals surface area contributed by atoms with Crippen molar-refractivity contribution in [3.8, 4) is 6.07 Å². The molecule has 53 heavy (non-hydrogen) atoms. The zero-order valence-corrected chi connectivity index (χ0v) is 29.8. The van der Waals surface area contributed by atoms with Crippen LogP contribution in [0.15, 0.2) is 116 Å². The highest BCUT2D eigenvalue weighted by Crippen LogP contribution is 2.24. The highest BCUT2D eigenvalue weighted by Gasteiger charge is 2.20. The van der Waals surface area contributed by atoms with Crippen LogP contribution in [0, 0.1) is 11.3 Å². The lowest BCUT2D eigenvalue weighted by atomic mass is 10.1. The largest absolute Gasteiger partial charge is 0.477 e. The number of carboxylic acids is 1. The van der Waals surface area contributed by atoms with Crippen molar-refractivity contribution in [2.24, 2.45) is 14.1 Å². The maximum absolute atomic E-state index is 13.0. The van der Waals surface area contributed by atoms with E-state index in [4.69, 9.17) is 15.1 Å². The number of ether oxygens (including phenoxy) is 1. The second kappa shape index (κ2) is 15.3. The first kappa shape index (κ1) is 36.2. The van der Waals surface area contributed by atoms with Gasteiger partial charge in [-0.3, -0.25) is 27.9 Å². The van der Waals surface area contributed by atoms with Gasteiger partial charge in [-0.25, -0.2) is 19.2 Å². The van der Waals surface area contributed by atoms with Crippen LogP contribution in [0.5, 0.6) is 0 Å². The Kier molecular flexibility index (Phi) is 10.5. The average molecular weight is 748 g/mol. The summed E-state index contributed by atoms with van der Waals surface area (Å²) in [6.07, 6.45) is 0. The third-order valence-electron chi connectivity index (χ3n) is 8.25. The van der Waals surface area contributed by atoms with Gasteiger partial charge in [-0.15, -0.1) is 22.7 Å². The quantitative estimate of drug-likeness (QED) is 0.219. The number of esters is 1. The molecule has 0 aliphatic rings. The zero-order chi connectivity index (χ0) is 37.8. The van der Waals surface area contributed by atoms with Gasteiger partial charge < -0.3 is 9.84 Å². The minimum atomic E-state index is -1.11. The molecule has 0 aliphatic heterocycles. The molecule has 0 atom stereocenters. The number of thiophene rings is 2. The minimum Gasteiger partial charge on any atom is -0.477 e. The summed E-state index contributed by atoms with van der Waals surface area (Å²) in [6.45, 7) is 0.340. The number of nitrogens with zero attached hydrogens (tertiary/aromatic N) is 5. The van der Waals surface area contributed by atoms with Crippen molar-refractivity contribution in [3.63, 3.8) is 0 Å². The Morgan fingerprint density at radius 2 is 1.13 bits per heavy atom. The first-order valence-electron chi connectivity index (χ1n) is 15.9. The van der Waals surface area contributed by atoms with E-state index < -0.39 is 34.4 Å². The van der Waals surface area contributed by atoms with Gasteiger partial charge in [0.2, 0.25) is 0 Å². The van der Waals surface area contributed by atoms with E-state index >= 15 is 0 Å². The van der Waals surface area contributed by atoms with Gasteiger partial charge in [0.1, 0.15) is 26.0 Å². The van der Waals surface area contributed by atoms with E-state index in [9.17, 15) is 28.8 Å². The lowest BCUT2D eigenvalue weighted by molar-refractivity contribution is 0.0478. The molecular weight excluding hydrogens is 719 g/mol. The molecule has 0 saturated heterocycles. The molecule has 0 amide bonds. The van der Waals surface area contributed by atoms with Crippen molar-refractivity contribution in [2.75, 3.05) is 0 Å². The monoisotopic (exact) mass is 747 g/mol. The number of carbonyl (C=O) groups is 2. The average Bonchev–Trinajstić information content (AvgIpc) is 3.84. The molecule has 15 heteroatoms. The van der Waals surface area contributed by atoms with Crippen LogP contribution in [0.25, 0.3) is 20.4 Å². The number of hydrogen-bond donors (Lipinski definition) is 1. The summed E-state index contributed by atoms with van der Waals surface area (Å²) in [5.41, 5.74) is 1.02. The van der Waals surface area contributed by atoms with Crippen molar-refractivity contribution in [3.05, 3.63) is 171 Å². The molecule has 7 rings (SSSR count). The maximum atomic E-state index is 13.0. The van der Waals surface area contributed by atoms with Crippen LogP contribution in [-0.4, -0.2) is 35.3 Å². The SMILES string of the molecule is Cn1c(=O)n(Cc2ccc(C#N)cc2)c(=O)c2cc(C(=O)OCc3ccccc3)sc21.Cn1c(=O)n(Cc2ccccc2)c(=O)c2cc(C(=O)O)sc21. The summed E-state index contributed by atoms with van der Waals surface area (Å²) in [4.78, 5) is 75.3. The Morgan fingerprint density at radius 3 is 1.62 bits per heavy atom. The Balaban J connectivity index is 0.000000192. The number of carbonyl (C=O) groups excluding carboxylic acids is 1. The number of rotatable bonds is 8. The smallest absolute Gasteiger partial charge is 0.348 e. The molecule has 0 saturated carbocycles. The van der Waals surface area contributed by atoms with E-state index in [0.717, 1.165) is 48.5 Å². The lowest BCUT2D eigenvalue weighted by Crippen LogP contribution is -2.38. The van der Waals surface area contributed by atoms with Crippen molar-refractivity contribution >= 4 is 55.0 Å². The Hall–Kier alpha value is -6.63. The summed E-state index contributed by atoms with van der Waals surface area (Å²) >= 11 is 1.98. The summed E-state index contributed by atoms with van der Waals surface area (Å²) in [5.74, 6) is -1.65. The highest BCUT2D eigenvalue weighted by molar-refractivity contribution is 7.20. The van der Waals surface area contributed by atoms with Crippen molar-refractivity contribution in [1.82, 2.24) is 18.3 Å². The van der Waals surface area contributed by atoms with E-state index in [2.05, 4.69) is 0 Å². The fraction of sp³-hybridized carbons (Fsp3) is 0.132. The number of aromatic nitrogens is 4. The molecular formula is C38H29N5O8S2. The Bertz CT molecular complexity index is 2790. The maximum Gasteiger partial charge on any atom is 0.348 e. The standard InChI is InChI=1S/C23H17N3O4S.C15H12N2O4S/c1-25-21-18(11-19(31-21)22(28)30-14-17-5-3-2-4-6-17)20(27)26(23(25)29)13-16-9-7-15(12-24)8-10-16;1-16-13-10(7-11(22-13)14(19)20)12(18)17(15(16)21)8-9-5-3-2-4-6-9/h2-11H,13-14H2,1H3;2-7H,8H2,1H3,(H,19,20). The Labute approximate surface area is 307 Å². The van der Waals surface area contributed by atoms with E-state index in [0.29, 0.717) is 15.2 Å². The van der Waals surface area contributed by atoms with Gasteiger partial charge in [0, 0.05) is 14.1 Å². The molecule has 13 nitrogen and oxygen atoms in total. The van der Waals surface area contributed by atoms with Crippen molar-refractivity contribution in [2.45, 2.75) is 19.7 Å². The zero-order valence-electron chi connectivity index (χ0n) is 28.2. The first-order chi connectivity index (χ1) is 25.5. The van der Waals surface area contributed by atoms with Crippen LogP contribution in [0.1, 0.15) is 41.6 Å². The van der Waals surface area contributed by atoms with E-state index in [-0.39, 0.29) is 40.2 Å². The molecule has 0 radical (unpaired) electrons. The lowest BCUT2D eigenvalue weighted by Gasteiger charge is -2.08. The molecule has 0 unspecified atom stereocenters. The van der Waals surface area contributed by atoms with Gasteiger partial charge >= 0.3 is 23.3 Å². The normalized spacial score (nSPS) is 10.8. The predicted octanol–water partition coefficient (Wildman–Crippen LogP) is 4.55. The van der Waals surface area contributed by atoms with Gasteiger partial charge in [0.25, 0.3) is 11.1 Å². The minimum absolute atomic E-state index is 0.0413. The molecule has 0 aliphatic carbocycles. The number of aromatic carboxylic acids is 1. The molecule has 7 aromatic rings. The molecule has 0 spiro atoms. The number of fused-ring (bicyclic) bond motifs is 2. The first-order valence-corrected chi connectivity index (χ1v) is 17.5. The molecule has 0 bridgehead atoms. The fourth-order valence-electron chi connectivity index (χ4n) is 5.48. The third kappa shape index (κ3) is 7.54. The second-order valence-corrected chi connectivity index (χ2v) is 13.8. The van der Waals surface area contributed by atoms with Crippen LogP contribution in [0.2, 0.25) is 0 Å². The summed E-state index contributed by atoms with van der Waals surface area (Å²) in [6, 6.07) is 30.0. The molecule has 3 aromatic carbocycles. The fourth-order valence-corrected chi connectivity index (χ4v) is 7.42. The van der Waals surface area contributed by atoms with E-state index in [1.165, 1.54) is 28.3 Å². The van der Waals surface area contributed by atoms with Crippen LogP contribution in [0.3, 0.4) is 0 Å². The molecule has 0 fully saturated rings. The van der Waals surface area contributed by atoms with Crippen LogP contribution >= 0.6 is 22.7 Å². The molecule has 4 heterocycles. The number of aryl methyl sites for hydroxylation is 2. The number of nitriles is 1. The van der Waals surface area contributed by atoms with Gasteiger partial charge in [-0.2, -0.15) is 5.26 Å². The van der Waals surface area contributed by atoms with Crippen LogP contribution < -0.4 is 22.5 Å². The van der Waals surface area contributed by atoms with Crippen molar-refractivity contribution in [1.29, 1.82) is 5.26 Å². The van der Waals surface area contributed by atoms with Gasteiger partial charge in [0.15, 0.2) is 0 Å². The number of carboxylic acid groups (broad SMARTS) is 1. The summed E-state index contributed by atoms with van der Waals surface area (Å²) in [7, 11) is 3.10. The number of hydrogen-bond acceptors (Lipinski definition) is 10.